The van der Waals surface area contributed by atoms with Gasteiger partial charge in [0.05, 0.1) is 7.11 Å². The van der Waals surface area contributed by atoms with Crippen LogP contribution in [0.4, 0.5) is 20.5 Å². The molecule has 0 spiro atoms. The maximum atomic E-state index is 13.4. The molecule has 0 fully saturated rings. The lowest BCUT2D eigenvalue weighted by Crippen LogP contribution is -2.06. The van der Waals surface area contributed by atoms with E-state index in [1.54, 1.807) is 0 Å². The van der Waals surface area contributed by atoms with Crippen molar-refractivity contribution < 1.29 is 13.5 Å². The van der Waals surface area contributed by atoms with E-state index < -0.39 is 11.6 Å². The predicted molar refractivity (Wildman–Crippen MR) is 66.7 cm³/mol. The van der Waals surface area contributed by atoms with Crippen LogP contribution in [0.15, 0.2) is 24.3 Å². The van der Waals surface area contributed by atoms with Crippen LogP contribution in [0.2, 0.25) is 0 Å². The molecule has 0 aliphatic rings. The summed E-state index contributed by atoms with van der Waals surface area (Å²) in [5.41, 5.74) is 5.81. The van der Waals surface area contributed by atoms with Gasteiger partial charge in [-0.2, -0.15) is 9.97 Å². The number of nitrogens with one attached hydrogen (secondary N) is 1. The van der Waals surface area contributed by atoms with Gasteiger partial charge in [-0.3, -0.25) is 0 Å². The number of aromatic nitrogens is 2. The van der Waals surface area contributed by atoms with Crippen molar-refractivity contribution in [1.29, 1.82) is 0 Å². The number of hydrogen-bond donors (Lipinski definition) is 2. The Morgan fingerprint density at radius 3 is 2.74 bits per heavy atom. The third kappa shape index (κ3) is 3.27. The molecule has 0 bridgehead atoms. The molecule has 0 atom stereocenters. The molecule has 1 aromatic carbocycles. The van der Waals surface area contributed by atoms with E-state index in [4.69, 9.17) is 10.5 Å². The first-order valence-corrected chi connectivity index (χ1v) is 5.45. The van der Waals surface area contributed by atoms with Crippen molar-refractivity contribution in [2.24, 2.45) is 0 Å². The first-order valence-electron chi connectivity index (χ1n) is 5.45. The van der Waals surface area contributed by atoms with Gasteiger partial charge in [-0.1, -0.05) is 6.07 Å². The summed E-state index contributed by atoms with van der Waals surface area (Å²) in [6.07, 6.45) is 0. The van der Waals surface area contributed by atoms with E-state index in [9.17, 15) is 8.78 Å². The zero-order valence-corrected chi connectivity index (χ0v) is 10.2. The van der Waals surface area contributed by atoms with Gasteiger partial charge in [0.15, 0.2) is 0 Å². The van der Waals surface area contributed by atoms with Crippen molar-refractivity contribution in [2.45, 2.75) is 6.54 Å². The number of nitrogens with two attached hydrogens (primary N) is 1. The molecule has 7 heteroatoms. The number of nitrogens with zero attached hydrogens (tertiary/aromatic N) is 2. The molecule has 0 aliphatic heterocycles. The Hall–Kier alpha value is -2.44. The maximum Gasteiger partial charge on any atom is 0.225 e. The molecule has 2 rings (SSSR count). The Balaban J connectivity index is 2.12. The summed E-state index contributed by atoms with van der Waals surface area (Å²) < 4.78 is 31.1. The zero-order valence-electron chi connectivity index (χ0n) is 10.2. The molecular formula is C12H12F2N4O. The van der Waals surface area contributed by atoms with Crippen molar-refractivity contribution >= 4 is 11.8 Å². The highest BCUT2D eigenvalue weighted by molar-refractivity contribution is 5.43. The minimum absolute atomic E-state index is 0.0430. The SMILES string of the molecule is COc1cc(NCc2ccc(F)cc2F)nc(N)n1. The Morgan fingerprint density at radius 2 is 2.05 bits per heavy atom. The fourth-order valence-electron chi connectivity index (χ4n) is 1.49. The predicted octanol–water partition coefficient (Wildman–Crippen LogP) is 1.96. The standard InChI is InChI=1S/C12H12F2N4O/c1-19-11-5-10(17-12(15)18-11)16-6-7-2-3-8(13)4-9(7)14/h2-5H,6H2,1H3,(H3,15,16,17,18). The lowest BCUT2D eigenvalue weighted by molar-refractivity contribution is 0.398. The lowest BCUT2D eigenvalue weighted by Gasteiger charge is -2.08. The second-order valence-corrected chi connectivity index (χ2v) is 3.74. The Morgan fingerprint density at radius 1 is 1.26 bits per heavy atom. The van der Waals surface area contributed by atoms with Crippen LogP contribution in [0.3, 0.4) is 0 Å². The van der Waals surface area contributed by atoms with Gasteiger partial charge >= 0.3 is 0 Å². The van der Waals surface area contributed by atoms with E-state index >= 15 is 0 Å². The van der Waals surface area contributed by atoms with Gasteiger partial charge in [0, 0.05) is 24.2 Å². The second-order valence-electron chi connectivity index (χ2n) is 3.74. The fraction of sp³-hybridized carbons (Fsp3) is 0.167. The third-order valence-electron chi connectivity index (χ3n) is 2.40. The van der Waals surface area contributed by atoms with E-state index in [0.717, 1.165) is 6.07 Å². The summed E-state index contributed by atoms with van der Waals surface area (Å²) in [7, 11) is 1.45. The average Bonchev–Trinajstić information content (AvgIpc) is 2.37. The van der Waals surface area contributed by atoms with Crippen LogP contribution in [0.5, 0.6) is 5.88 Å². The quantitative estimate of drug-likeness (QED) is 0.885. The summed E-state index contributed by atoms with van der Waals surface area (Å²) >= 11 is 0. The van der Waals surface area contributed by atoms with Crippen molar-refractivity contribution in [3.05, 3.63) is 41.5 Å². The van der Waals surface area contributed by atoms with Gasteiger partial charge in [0.1, 0.15) is 17.5 Å². The lowest BCUT2D eigenvalue weighted by atomic mass is 10.2. The molecule has 0 amide bonds. The molecule has 0 radical (unpaired) electrons. The van der Waals surface area contributed by atoms with Crippen molar-refractivity contribution in [3.8, 4) is 5.88 Å². The third-order valence-corrected chi connectivity index (χ3v) is 2.40. The van der Waals surface area contributed by atoms with Crippen LogP contribution < -0.4 is 15.8 Å². The van der Waals surface area contributed by atoms with E-state index in [1.807, 2.05) is 0 Å². The van der Waals surface area contributed by atoms with Crippen LogP contribution >= 0.6 is 0 Å². The molecular weight excluding hydrogens is 254 g/mol. The van der Waals surface area contributed by atoms with Crippen molar-refractivity contribution in [1.82, 2.24) is 9.97 Å². The van der Waals surface area contributed by atoms with Crippen LogP contribution in [-0.2, 0) is 6.54 Å². The molecule has 3 N–H and O–H groups in total. The summed E-state index contributed by atoms with van der Waals surface area (Å²) in [5.74, 6) is -0.500. The van der Waals surface area contributed by atoms with E-state index in [2.05, 4.69) is 15.3 Å². The van der Waals surface area contributed by atoms with Crippen LogP contribution in [0, 0.1) is 11.6 Å². The zero-order chi connectivity index (χ0) is 13.8. The highest BCUT2D eigenvalue weighted by atomic mass is 19.1. The number of nitrogen functional groups attached to an aromatic ring is 1. The van der Waals surface area contributed by atoms with E-state index in [0.29, 0.717) is 17.3 Å². The largest absolute Gasteiger partial charge is 0.481 e. The maximum absolute atomic E-state index is 13.4. The molecule has 1 aromatic heterocycles. The monoisotopic (exact) mass is 266 g/mol. The van der Waals surface area contributed by atoms with Crippen LogP contribution in [-0.4, -0.2) is 17.1 Å². The van der Waals surface area contributed by atoms with E-state index in [1.165, 1.54) is 25.3 Å². The normalized spacial score (nSPS) is 10.3. The summed E-state index contributed by atoms with van der Waals surface area (Å²) in [5, 5.41) is 2.86. The minimum Gasteiger partial charge on any atom is -0.481 e. The molecule has 2 aromatic rings. The van der Waals surface area contributed by atoms with Gasteiger partial charge in [0.2, 0.25) is 11.8 Å². The first-order chi connectivity index (χ1) is 9.08. The molecule has 1 heterocycles. The van der Waals surface area contributed by atoms with Crippen LogP contribution in [0.25, 0.3) is 0 Å². The number of rotatable bonds is 4. The van der Waals surface area contributed by atoms with Gasteiger partial charge in [-0.05, 0) is 6.07 Å². The molecule has 0 aliphatic carbocycles. The van der Waals surface area contributed by atoms with Gasteiger partial charge in [-0.15, -0.1) is 0 Å². The number of benzene rings is 1. The Kier molecular flexibility index (Phi) is 3.74. The Labute approximate surface area is 108 Å². The number of methoxy groups -OCH3 is 1. The number of anilines is 2. The average molecular weight is 266 g/mol. The number of halogens is 2. The molecule has 0 saturated heterocycles. The van der Waals surface area contributed by atoms with Gasteiger partial charge in [0.25, 0.3) is 0 Å². The molecule has 5 nitrogen and oxygen atoms in total. The number of ether oxygens (including phenoxy) is 1. The van der Waals surface area contributed by atoms with E-state index in [-0.39, 0.29) is 12.5 Å². The smallest absolute Gasteiger partial charge is 0.225 e. The van der Waals surface area contributed by atoms with Gasteiger partial charge < -0.3 is 15.8 Å². The highest BCUT2D eigenvalue weighted by Crippen LogP contribution is 2.16. The minimum atomic E-state index is -0.624. The van der Waals surface area contributed by atoms with Gasteiger partial charge in [-0.25, -0.2) is 8.78 Å². The molecule has 100 valence electrons. The molecule has 0 unspecified atom stereocenters. The number of hydrogen-bond acceptors (Lipinski definition) is 5. The van der Waals surface area contributed by atoms with Crippen molar-refractivity contribution in [3.63, 3.8) is 0 Å². The summed E-state index contributed by atoms with van der Waals surface area (Å²) in [6.45, 7) is 0.145. The summed E-state index contributed by atoms with van der Waals surface area (Å²) in [6, 6.07) is 4.90. The fourth-order valence-corrected chi connectivity index (χ4v) is 1.49. The second kappa shape index (κ2) is 5.47. The molecule has 19 heavy (non-hydrogen) atoms. The highest BCUT2D eigenvalue weighted by Gasteiger charge is 2.06. The van der Waals surface area contributed by atoms with Crippen molar-refractivity contribution in [2.75, 3.05) is 18.2 Å². The Bertz CT molecular complexity index is 592. The topological polar surface area (TPSA) is 73.1 Å². The first kappa shape index (κ1) is 13.0. The molecule has 0 saturated carbocycles. The summed E-state index contributed by atoms with van der Waals surface area (Å²) in [4.78, 5) is 7.74. The van der Waals surface area contributed by atoms with Crippen LogP contribution in [0.1, 0.15) is 5.56 Å².